The second kappa shape index (κ2) is 9.28. The van der Waals surface area contributed by atoms with Crippen LogP contribution in [0.25, 0.3) is 11.1 Å². The number of nitrogens with zero attached hydrogens (tertiary/aromatic N) is 3. The Morgan fingerprint density at radius 2 is 1.76 bits per heavy atom. The average molecular weight is 460 g/mol. The molecule has 5 nitrogen and oxygen atoms in total. The summed E-state index contributed by atoms with van der Waals surface area (Å²) in [5.74, 6) is 0.727. The number of aromatic nitrogens is 1. The lowest BCUT2D eigenvalue weighted by Gasteiger charge is -2.37. The molecule has 0 radical (unpaired) electrons. The van der Waals surface area contributed by atoms with Crippen molar-refractivity contribution in [2.24, 2.45) is 0 Å². The van der Waals surface area contributed by atoms with Crippen LogP contribution < -0.4 is 4.90 Å². The Morgan fingerprint density at radius 1 is 0.970 bits per heavy atom. The zero-order valence-corrected chi connectivity index (χ0v) is 19.4. The van der Waals surface area contributed by atoms with Crippen LogP contribution in [0.2, 0.25) is 5.02 Å². The summed E-state index contributed by atoms with van der Waals surface area (Å²) >= 11 is 6.19. The van der Waals surface area contributed by atoms with Crippen molar-refractivity contribution in [2.45, 2.75) is 19.8 Å². The van der Waals surface area contributed by atoms with Crippen LogP contribution in [-0.4, -0.2) is 42.0 Å². The van der Waals surface area contributed by atoms with Gasteiger partial charge in [-0.2, -0.15) is 0 Å². The molecule has 33 heavy (non-hydrogen) atoms. The smallest absolute Gasteiger partial charge is 0.254 e. The number of hydrogen-bond acceptors (Lipinski definition) is 4. The van der Waals surface area contributed by atoms with Crippen molar-refractivity contribution < 1.29 is 9.21 Å². The highest BCUT2D eigenvalue weighted by Crippen LogP contribution is 2.26. The minimum atomic E-state index is 0.0293. The van der Waals surface area contributed by atoms with Gasteiger partial charge in [-0.1, -0.05) is 48.0 Å². The highest BCUT2D eigenvalue weighted by molar-refractivity contribution is 6.30. The van der Waals surface area contributed by atoms with E-state index in [1.807, 2.05) is 59.5 Å². The van der Waals surface area contributed by atoms with Gasteiger partial charge in [0.15, 0.2) is 11.5 Å². The van der Waals surface area contributed by atoms with E-state index in [9.17, 15) is 4.79 Å². The fourth-order valence-corrected chi connectivity index (χ4v) is 4.53. The molecule has 5 rings (SSSR count). The van der Waals surface area contributed by atoms with E-state index < -0.39 is 0 Å². The van der Waals surface area contributed by atoms with E-state index in [2.05, 4.69) is 28.9 Å². The molecule has 2 heterocycles. The van der Waals surface area contributed by atoms with Crippen LogP contribution in [0, 0.1) is 6.92 Å². The van der Waals surface area contributed by atoms with E-state index in [0.29, 0.717) is 30.1 Å². The number of carbonyl (C=O) groups excluding carboxylic acids is 1. The molecule has 1 fully saturated rings. The van der Waals surface area contributed by atoms with Crippen LogP contribution in [0.1, 0.15) is 27.4 Å². The van der Waals surface area contributed by atoms with Gasteiger partial charge in [-0.25, -0.2) is 4.98 Å². The Labute approximate surface area is 198 Å². The summed E-state index contributed by atoms with van der Waals surface area (Å²) in [6, 6.07) is 21.8. The first-order valence-electron chi connectivity index (χ1n) is 11.3. The number of halogens is 1. The predicted octanol–water partition coefficient (Wildman–Crippen LogP) is 5.54. The third-order valence-corrected chi connectivity index (χ3v) is 6.46. The first kappa shape index (κ1) is 21.5. The molecule has 6 heteroatoms. The van der Waals surface area contributed by atoms with E-state index in [1.54, 1.807) is 0 Å². The van der Waals surface area contributed by atoms with Gasteiger partial charge >= 0.3 is 0 Å². The monoisotopic (exact) mass is 459 g/mol. The van der Waals surface area contributed by atoms with E-state index in [-0.39, 0.29) is 5.91 Å². The van der Waals surface area contributed by atoms with Crippen LogP contribution in [0.15, 0.2) is 71.1 Å². The lowest BCUT2D eigenvalue weighted by atomic mass is 10.1. The molecule has 3 aromatic carbocycles. The van der Waals surface area contributed by atoms with E-state index >= 15 is 0 Å². The SMILES string of the molecule is Cc1ccc(Cl)cc1N1CCN(C(=O)c2ccc3nc(CCc4ccccc4)oc3c2)CC1. The van der Waals surface area contributed by atoms with Crippen molar-refractivity contribution in [1.29, 1.82) is 0 Å². The molecule has 1 saturated heterocycles. The van der Waals surface area contributed by atoms with Gasteiger partial charge in [-0.15, -0.1) is 0 Å². The zero-order chi connectivity index (χ0) is 22.8. The molecule has 168 valence electrons. The van der Waals surface area contributed by atoms with Gasteiger partial charge in [-0.05, 0) is 54.8 Å². The average Bonchev–Trinajstić information content (AvgIpc) is 3.27. The highest BCUT2D eigenvalue weighted by atomic mass is 35.5. The van der Waals surface area contributed by atoms with Crippen molar-refractivity contribution >= 4 is 34.3 Å². The Morgan fingerprint density at radius 3 is 2.55 bits per heavy atom. The lowest BCUT2D eigenvalue weighted by molar-refractivity contribution is 0.0747. The molecule has 1 aromatic heterocycles. The van der Waals surface area contributed by atoms with Crippen LogP contribution >= 0.6 is 11.6 Å². The number of carbonyl (C=O) groups is 1. The quantitative estimate of drug-likeness (QED) is 0.393. The van der Waals surface area contributed by atoms with Crippen LogP contribution in [-0.2, 0) is 12.8 Å². The molecule has 0 saturated carbocycles. The van der Waals surface area contributed by atoms with Crippen molar-refractivity contribution in [3.8, 4) is 0 Å². The second-order valence-electron chi connectivity index (χ2n) is 8.49. The molecule has 1 amide bonds. The number of benzene rings is 3. The molecule has 0 spiro atoms. The van der Waals surface area contributed by atoms with Crippen LogP contribution in [0.5, 0.6) is 0 Å². The number of piperazine rings is 1. The topological polar surface area (TPSA) is 49.6 Å². The molecule has 4 aromatic rings. The molecule has 1 aliphatic rings. The molecule has 0 unspecified atom stereocenters. The number of oxazole rings is 1. The molecule has 0 atom stereocenters. The number of anilines is 1. The molecule has 0 aliphatic carbocycles. The molecule has 0 bridgehead atoms. The molecule has 1 aliphatic heterocycles. The Balaban J connectivity index is 1.24. The van der Waals surface area contributed by atoms with Gasteiger partial charge in [0.25, 0.3) is 5.91 Å². The van der Waals surface area contributed by atoms with Gasteiger partial charge in [0.05, 0.1) is 0 Å². The zero-order valence-electron chi connectivity index (χ0n) is 18.6. The van der Waals surface area contributed by atoms with Gasteiger partial charge < -0.3 is 14.2 Å². The highest BCUT2D eigenvalue weighted by Gasteiger charge is 2.24. The number of aryl methyl sites for hydroxylation is 3. The summed E-state index contributed by atoms with van der Waals surface area (Å²) in [5.41, 5.74) is 5.68. The molecular formula is C27H26ClN3O2. The normalized spacial score (nSPS) is 14.1. The summed E-state index contributed by atoms with van der Waals surface area (Å²) in [5, 5.41) is 0.734. The standard InChI is InChI=1S/C27H26ClN3O2/c1-19-7-10-22(28)18-24(19)30-13-15-31(16-14-30)27(32)21-9-11-23-25(17-21)33-26(29-23)12-8-20-5-3-2-4-6-20/h2-7,9-11,17-18H,8,12-16H2,1H3. The second-order valence-corrected chi connectivity index (χ2v) is 8.92. The van der Waals surface area contributed by atoms with Crippen molar-refractivity contribution in [3.05, 3.63) is 94.3 Å². The first-order chi connectivity index (χ1) is 16.1. The summed E-state index contributed by atoms with van der Waals surface area (Å²) < 4.78 is 5.96. The van der Waals surface area contributed by atoms with Crippen molar-refractivity contribution in [3.63, 3.8) is 0 Å². The maximum atomic E-state index is 13.1. The summed E-state index contributed by atoms with van der Waals surface area (Å²) in [4.78, 5) is 21.9. The largest absolute Gasteiger partial charge is 0.441 e. The van der Waals surface area contributed by atoms with Crippen molar-refractivity contribution in [2.75, 3.05) is 31.1 Å². The van der Waals surface area contributed by atoms with E-state index in [0.717, 1.165) is 42.2 Å². The maximum Gasteiger partial charge on any atom is 0.254 e. The number of hydrogen-bond donors (Lipinski definition) is 0. The van der Waals surface area contributed by atoms with Crippen LogP contribution in [0.4, 0.5) is 5.69 Å². The van der Waals surface area contributed by atoms with E-state index in [1.165, 1.54) is 11.1 Å². The predicted molar refractivity (Wildman–Crippen MR) is 132 cm³/mol. The fraction of sp³-hybridized carbons (Fsp3) is 0.259. The van der Waals surface area contributed by atoms with Gasteiger partial charge in [0, 0.05) is 48.9 Å². The summed E-state index contributed by atoms with van der Waals surface area (Å²) in [7, 11) is 0. The van der Waals surface area contributed by atoms with Crippen LogP contribution in [0.3, 0.4) is 0 Å². The lowest BCUT2D eigenvalue weighted by Crippen LogP contribution is -2.49. The summed E-state index contributed by atoms with van der Waals surface area (Å²) in [6.45, 7) is 4.98. The minimum absolute atomic E-state index is 0.0293. The van der Waals surface area contributed by atoms with Gasteiger partial charge in [0.2, 0.25) is 0 Å². The first-order valence-corrected chi connectivity index (χ1v) is 11.7. The maximum absolute atomic E-state index is 13.1. The Kier molecular flexibility index (Phi) is 6.05. The summed E-state index contributed by atoms with van der Waals surface area (Å²) in [6.07, 6.45) is 1.60. The third kappa shape index (κ3) is 4.74. The fourth-order valence-electron chi connectivity index (χ4n) is 4.36. The molecule has 0 N–H and O–H groups in total. The number of amides is 1. The molecular weight excluding hydrogens is 434 g/mol. The Bertz CT molecular complexity index is 1280. The Hall–Kier alpha value is -3.31. The van der Waals surface area contributed by atoms with Gasteiger partial charge in [0.1, 0.15) is 5.52 Å². The number of rotatable bonds is 5. The van der Waals surface area contributed by atoms with Crippen molar-refractivity contribution in [1.82, 2.24) is 9.88 Å². The van der Waals surface area contributed by atoms with Gasteiger partial charge in [-0.3, -0.25) is 4.79 Å². The minimum Gasteiger partial charge on any atom is -0.441 e. The third-order valence-electron chi connectivity index (χ3n) is 6.23. The van der Waals surface area contributed by atoms with E-state index in [4.69, 9.17) is 16.0 Å². The number of fused-ring (bicyclic) bond motifs is 1.